The molecule has 0 aromatic heterocycles. The van der Waals surface area contributed by atoms with Gasteiger partial charge in [0, 0.05) is 12.1 Å². The number of hydrogen-bond acceptors (Lipinski definition) is 2. The van der Waals surface area contributed by atoms with Crippen molar-refractivity contribution in [1.29, 1.82) is 0 Å². The highest BCUT2D eigenvalue weighted by Gasteiger charge is 2.31. The van der Waals surface area contributed by atoms with Crippen LogP contribution in [0.1, 0.15) is 39.7 Å². The fourth-order valence-corrected chi connectivity index (χ4v) is 2.51. The smallest absolute Gasteiger partial charge is 0.406 e. The molecule has 0 radical (unpaired) electrons. The van der Waals surface area contributed by atoms with E-state index < -0.39 is 6.36 Å². The summed E-state index contributed by atoms with van der Waals surface area (Å²) in [6.07, 6.45) is -2.29. The molecule has 0 atom stereocenters. The molecule has 0 aliphatic heterocycles. The summed E-state index contributed by atoms with van der Waals surface area (Å²) in [6, 6.07) is 5.56. The van der Waals surface area contributed by atoms with Gasteiger partial charge in [0.2, 0.25) is 5.91 Å². The van der Waals surface area contributed by atoms with Crippen molar-refractivity contribution >= 4 is 11.5 Å². The van der Waals surface area contributed by atoms with Gasteiger partial charge in [-0.1, -0.05) is 44.6 Å². The molecule has 0 heterocycles. The van der Waals surface area contributed by atoms with Crippen molar-refractivity contribution in [1.82, 2.24) is 5.32 Å². The van der Waals surface area contributed by atoms with Crippen LogP contribution in [0.2, 0.25) is 0 Å². The molecule has 0 saturated carbocycles. The number of carbonyl (C=O) groups is 1. The molecule has 2 rings (SSSR count). The third kappa shape index (κ3) is 5.66. The van der Waals surface area contributed by atoms with Crippen molar-refractivity contribution in [3.05, 3.63) is 47.1 Å². The number of nitrogens with one attached hydrogen (secondary N) is 1. The maximum Gasteiger partial charge on any atom is 0.573 e. The van der Waals surface area contributed by atoms with Gasteiger partial charge in [0.1, 0.15) is 5.75 Å². The third-order valence-corrected chi connectivity index (χ3v) is 3.62. The molecule has 1 aliphatic carbocycles. The molecule has 1 aliphatic rings. The van der Waals surface area contributed by atoms with Crippen LogP contribution >= 0.6 is 0 Å². The van der Waals surface area contributed by atoms with Gasteiger partial charge >= 0.3 is 6.36 Å². The fraction of sp³-hybridized carbons (Fsp3) is 0.421. The highest BCUT2D eigenvalue weighted by molar-refractivity contribution is 6.05. The fourth-order valence-electron chi connectivity index (χ4n) is 2.51. The van der Waals surface area contributed by atoms with Crippen LogP contribution in [0.4, 0.5) is 13.2 Å². The molecule has 0 bridgehead atoms. The summed E-state index contributed by atoms with van der Waals surface area (Å²) in [6.45, 7) is 8.55. The van der Waals surface area contributed by atoms with Gasteiger partial charge < -0.3 is 10.1 Å². The number of carbonyl (C=O) groups excluding carboxylic acids is 1. The molecule has 1 amide bonds. The van der Waals surface area contributed by atoms with E-state index in [4.69, 9.17) is 0 Å². The summed E-state index contributed by atoms with van der Waals surface area (Å²) >= 11 is 0. The van der Waals surface area contributed by atoms with Crippen molar-refractivity contribution in [3.8, 4) is 5.75 Å². The topological polar surface area (TPSA) is 38.3 Å². The zero-order valence-electron chi connectivity index (χ0n) is 14.8. The Bertz CT molecular complexity index is 708. The number of allylic oxidation sites excluding steroid dienone is 3. The van der Waals surface area contributed by atoms with Crippen LogP contribution in [0, 0.1) is 5.41 Å². The van der Waals surface area contributed by atoms with Gasteiger partial charge in [-0.2, -0.15) is 0 Å². The highest BCUT2D eigenvalue weighted by Crippen LogP contribution is 2.34. The lowest BCUT2D eigenvalue weighted by atomic mass is 9.96. The van der Waals surface area contributed by atoms with E-state index in [0.717, 1.165) is 11.1 Å². The predicted molar refractivity (Wildman–Crippen MR) is 90.9 cm³/mol. The van der Waals surface area contributed by atoms with Gasteiger partial charge in [-0.15, -0.1) is 13.2 Å². The van der Waals surface area contributed by atoms with Crippen molar-refractivity contribution in [3.63, 3.8) is 0 Å². The minimum absolute atomic E-state index is 0.0337. The van der Waals surface area contributed by atoms with Crippen LogP contribution in [0.25, 0.3) is 5.57 Å². The second-order valence-corrected chi connectivity index (χ2v) is 7.38. The van der Waals surface area contributed by atoms with Crippen LogP contribution < -0.4 is 10.1 Å². The van der Waals surface area contributed by atoms with E-state index in [1.165, 1.54) is 24.3 Å². The van der Waals surface area contributed by atoms with Gasteiger partial charge in [-0.25, -0.2) is 0 Å². The summed E-state index contributed by atoms with van der Waals surface area (Å²) in [5.74, 6) is -0.428. The molecule has 25 heavy (non-hydrogen) atoms. The van der Waals surface area contributed by atoms with Crippen LogP contribution in [-0.4, -0.2) is 18.8 Å². The number of benzene rings is 1. The molecular formula is C19H22F3NO2. The van der Waals surface area contributed by atoms with Crippen LogP contribution in [0.15, 0.2) is 41.5 Å². The molecule has 1 N–H and O–H groups in total. The van der Waals surface area contributed by atoms with E-state index in [-0.39, 0.29) is 17.1 Å². The second kappa shape index (κ2) is 6.94. The van der Waals surface area contributed by atoms with Gasteiger partial charge in [0.15, 0.2) is 0 Å². The maximum absolute atomic E-state index is 12.5. The first-order chi connectivity index (χ1) is 11.4. The Morgan fingerprint density at radius 1 is 1.16 bits per heavy atom. The molecule has 1 aromatic rings. The summed E-state index contributed by atoms with van der Waals surface area (Å²) < 4.78 is 40.6. The summed E-state index contributed by atoms with van der Waals surface area (Å²) in [7, 11) is 0. The van der Waals surface area contributed by atoms with E-state index >= 15 is 0 Å². The Balaban J connectivity index is 2.22. The molecule has 0 spiro atoms. The molecule has 136 valence electrons. The monoisotopic (exact) mass is 353 g/mol. The van der Waals surface area contributed by atoms with Crippen LogP contribution in [0.3, 0.4) is 0 Å². The normalized spacial score (nSPS) is 15.2. The zero-order chi connectivity index (χ0) is 18.8. The van der Waals surface area contributed by atoms with Crippen LogP contribution in [-0.2, 0) is 4.79 Å². The molecule has 0 saturated heterocycles. The second-order valence-electron chi connectivity index (χ2n) is 7.38. The Labute approximate surface area is 145 Å². The Kier molecular flexibility index (Phi) is 5.30. The standard InChI is InChI=1S/C19H22F3NO2/c1-12-9-15(16(10-12)17(24)23-11-18(2,3)4)13-5-7-14(8-6-13)25-19(20,21)22/h5-9H,10-11H2,1-4H3,(H,23,24). The van der Waals surface area contributed by atoms with Gasteiger partial charge in [0.05, 0.1) is 0 Å². The van der Waals surface area contributed by atoms with E-state index in [1.54, 1.807) is 0 Å². The number of ether oxygens (including phenoxy) is 1. The first-order valence-electron chi connectivity index (χ1n) is 7.99. The van der Waals surface area contributed by atoms with Crippen molar-refractivity contribution in [2.75, 3.05) is 6.54 Å². The Morgan fingerprint density at radius 3 is 2.28 bits per heavy atom. The first-order valence-corrected chi connectivity index (χ1v) is 7.99. The Morgan fingerprint density at radius 2 is 1.76 bits per heavy atom. The zero-order valence-corrected chi connectivity index (χ0v) is 14.8. The molecular weight excluding hydrogens is 331 g/mol. The SMILES string of the molecule is CC1=CC(c2ccc(OC(F)(F)F)cc2)=C(C(=O)NCC(C)(C)C)C1. The molecule has 0 unspecified atom stereocenters. The number of alkyl halides is 3. The number of amides is 1. The third-order valence-electron chi connectivity index (χ3n) is 3.62. The summed E-state index contributed by atoms with van der Waals surface area (Å²) in [5.41, 5.74) is 3.06. The number of rotatable bonds is 4. The Hall–Kier alpha value is -2.24. The highest BCUT2D eigenvalue weighted by atomic mass is 19.4. The maximum atomic E-state index is 12.5. The quantitative estimate of drug-likeness (QED) is 0.840. The van der Waals surface area contributed by atoms with Crippen molar-refractivity contribution in [2.24, 2.45) is 5.41 Å². The lowest BCUT2D eigenvalue weighted by molar-refractivity contribution is -0.274. The molecule has 3 nitrogen and oxygen atoms in total. The lowest BCUT2D eigenvalue weighted by Gasteiger charge is -2.19. The largest absolute Gasteiger partial charge is 0.573 e. The average molecular weight is 353 g/mol. The van der Waals surface area contributed by atoms with E-state index in [0.29, 0.717) is 24.1 Å². The van der Waals surface area contributed by atoms with E-state index in [2.05, 4.69) is 10.1 Å². The van der Waals surface area contributed by atoms with Gasteiger partial charge in [-0.3, -0.25) is 4.79 Å². The molecule has 0 fully saturated rings. The van der Waals surface area contributed by atoms with E-state index in [9.17, 15) is 18.0 Å². The molecule has 6 heteroatoms. The minimum Gasteiger partial charge on any atom is -0.406 e. The van der Waals surface area contributed by atoms with E-state index in [1.807, 2.05) is 33.8 Å². The average Bonchev–Trinajstić information content (AvgIpc) is 2.85. The predicted octanol–water partition coefficient (Wildman–Crippen LogP) is 4.85. The summed E-state index contributed by atoms with van der Waals surface area (Å²) in [5, 5.41) is 2.92. The minimum atomic E-state index is -4.72. The van der Waals surface area contributed by atoms with Crippen molar-refractivity contribution < 1.29 is 22.7 Å². The lowest BCUT2D eigenvalue weighted by Crippen LogP contribution is -2.33. The molecule has 1 aromatic carbocycles. The van der Waals surface area contributed by atoms with Gasteiger partial charge in [0.25, 0.3) is 0 Å². The van der Waals surface area contributed by atoms with Crippen molar-refractivity contribution in [2.45, 2.75) is 40.5 Å². The first kappa shape index (κ1) is 19.1. The summed E-state index contributed by atoms with van der Waals surface area (Å²) in [4.78, 5) is 12.5. The number of hydrogen-bond donors (Lipinski definition) is 1. The van der Waals surface area contributed by atoms with Crippen LogP contribution in [0.5, 0.6) is 5.75 Å². The number of halogens is 3. The van der Waals surface area contributed by atoms with Gasteiger partial charge in [-0.05, 0) is 42.0 Å².